The van der Waals surface area contributed by atoms with Crippen LogP contribution < -0.4 is 10.7 Å². The fourth-order valence-corrected chi connectivity index (χ4v) is 3.70. The summed E-state index contributed by atoms with van der Waals surface area (Å²) < 4.78 is 0. The molecule has 4 aromatic carbocycles. The molecule has 0 saturated heterocycles. The molecule has 1 fully saturated rings. The van der Waals surface area contributed by atoms with Gasteiger partial charge in [-0.05, 0) is 64.7 Å². The zero-order chi connectivity index (χ0) is 21.2. The monoisotopic (exact) mass is 407 g/mol. The standard InChI is InChI=1S/C26H21N3O2/c30-25(17-9-10-17)28-21-13-11-18(12-14-21)26(31)29-27-16-24-22-7-3-1-5-19(22)15-20-6-2-4-8-23(20)24/h1-8,11-17H,9-10H2,(H,28,30)(H,29,31)/b27-16+. The molecule has 1 aliphatic rings. The normalized spacial score (nSPS) is 13.5. The summed E-state index contributed by atoms with van der Waals surface area (Å²) in [4.78, 5) is 24.3. The van der Waals surface area contributed by atoms with Crippen molar-refractivity contribution in [2.45, 2.75) is 12.8 Å². The molecule has 0 radical (unpaired) electrons. The third-order valence-electron chi connectivity index (χ3n) is 5.54. The molecule has 0 unspecified atom stereocenters. The summed E-state index contributed by atoms with van der Waals surface area (Å²) in [5.74, 6) is -0.118. The summed E-state index contributed by atoms with van der Waals surface area (Å²) in [6.45, 7) is 0. The highest BCUT2D eigenvalue weighted by Gasteiger charge is 2.29. The molecule has 31 heavy (non-hydrogen) atoms. The van der Waals surface area contributed by atoms with Gasteiger partial charge in [0, 0.05) is 22.7 Å². The molecular formula is C26H21N3O2. The van der Waals surface area contributed by atoms with E-state index in [1.807, 2.05) is 24.3 Å². The lowest BCUT2D eigenvalue weighted by Gasteiger charge is -2.08. The van der Waals surface area contributed by atoms with Gasteiger partial charge in [0.15, 0.2) is 0 Å². The topological polar surface area (TPSA) is 70.6 Å². The van der Waals surface area contributed by atoms with E-state index in [0.29, 0.717) is 11.3 Å². The van der Waals surface area contributed by atoms with Crippen LogP contribution in [0.2, 0.25) is 0 Å². The van der Waals surface area contributed by atoms with Crippen molar-refractivity contribution in [3.8, 4) is 0 Å². The van der Waals surface area contributed by atoms with Crippen LogP contribution in [0.15, 0.2) is 84.0 Å². The van der Waals surface area contributed by atoms with Gasteiger partial charge in [-0.3, -0.25) is 9.59 Å². The second kappa shape index (κ2) is 8.03. The fourth-order valence-electron chi connectivity index (χ4n) is 3.70. The van der Waals surface area contributed by atoms with Gasteiger partial charge in [0.05, 0.1) is 6.21 Å². The van der Waals surface area contributed by atoms with E-state index in [9.17, 15) is 9.59 Å². The number of nitrogens with zero attached hydrogens (tertiary/aromatic N) is 1. The number of benzene rings is 4. The Morgan fingerprint density at radius 1 is 0.839 bits per heavy atom. The number of hydrogen-bond donors (Lipinski definition) is 2. The number of hydrogen-bond acceptors (Lipinski definition) is 3. The summed E-state index contributed by atoms with van der Waals surface area (Å²) in [7, 11) is 0. The van der Waals surface area contributed by atoms with E-state index in [2.05, 4.69) is 46.2 Å². The SMILES string of the molecule is O=C(N/N=C/c1c2ccccc2cc2ccccc12)c1ccc(NC(=O)C2CC2)cc1. The molecule has 0 atom stereocenters. The molecule has 1 aliphatic carbocycles. The molecule has 2 amide bonds. The zero-order valence-corrected chi connectivity index (χ0v) is 16.8. The van der Waals surface area contributed by atoms with Gasteiger partial charge in [0.2, 0.25) is 5.91 Å². The summed E-state index contributed by atoms with van der Waals surface area (Å²) in [5, 5.41) is 11.5. The molecule has 0 heterocycles. The van der Waals surface area contributed by atoms with Crippen molar-refractivity contribution >= 4 is 45.3 Å². The Hall–Kier alpha value is -3.99. The lowest BCUT2D eigenvalue weighted by molar-refractivity contribution is -0.117. The van der Waals surface area contributed by atoms with Crippen LogP contribution in [0, 0.1) is 5.92 Å². The van der Waals surface area contributed by atoms with E-state index in [1.165, 1.54) is 0 Å². The minimum Gasteiger partial charge on any atom is -0.326 e. The Balaban J connectivity index is 1.34. The highest BCUT2D eigenvalue weighted by molar-refractivity contribution is 6.13. The number of fused-ring (bicyclic) bond motifs is 2. The lowest BCUT2D eigenvalue weighted by atomic mass is 9.97. The first kappa shape index (κ1) is 19.0. The van der Waals surface area contributed by atoms with E-state index < -0.39 is 0 Å². The molecule has 0 bridgehead atoms. The van der Waals surface area contributed by atoms with Crippen molar-refractivity contribution in [1.82, 2.24) is 5.43 Å². The van der Waals surface area contributed by atoms with E-state index in [-0.39, 0.29) is 17.7 Å². The molecule has 1 saturated carbocycles. The van der Waals surface area contributed by atoms with E-state index >= 15 is 0 Å². The molecule has 0 aromatic heterocycles. The van der Waals surface area contributed by atoms with Crippen molar-refractivity contribution < 1.29 is 9.59 Å². The summed E-state index contributed by atoms with van der Waals surface area (Å²) >= 11 is 0. The molecule has 2 N–H and O–H groups in total. The fraction of sp³-hybridized carbons (Fsp3) is 0.115. The van der Waals surface area contributed by atoms with Crippen molar-refractivity contribution in [2.75, 3.05) is 5.32 Å². The average molecular weight is 407 g/mol. The van der Waals surface area contributed by atoms with Gasteiger partial charge >= 0.3 is 0 Å². The molecule has 0 spiro atoms. The number of hydrazone groups is 1. The Kier molecular flexibility index (Phi) is 4.92. The molecule has 0 aliphatic heterocycles. The quantitative estimate of drug-likeness (QED) is 0.274. The zero-order valence-electron chi connectivity index (χ0n) is 16.8. The average Bonchev–Trinajstić information content (AvgIpc) is 3.65. The number of anilines is 1. The lowest BCUT2D eigenvalue weighted by Crippen LogP contribution is -2.18. The van der Waals surface area contributed by atoms with Gasteiger partial charge in [0.1, 0.15) is 0 Å². The maximum atomic E-state index is 12.5. The van der Waals surface area contributed by atoms with Crippen LogP contribution >= 0.6 is 0 Å². The number of carbonyl (C=O) groups is 2. The van der Waals surface area contributed by atoms with Crippen LogP contribution in [-0.4, -0.2) is 18.0 Å². The molecular weight excluding hydrogens is 386 g/mol. The van der Waals surface area contributed by atoms with Gasteiger partial charge in [-0.1, -0.05) is 48.5 Å². The predicted octanol–water partition coefficient (Wildman–Crippen LogP) is 5.11. The molecule has 5 heteroatoms. The highest BCUT2D eigenvalue weighted by Crippen LogP contribution is 2.30. The first-order valence-electron chi connectivity index (χ1n) is 10.3. The van der Waals surface area contributed by atoms with Crippen molar-refractivity contribution in [1.29, 1.82) is 0 Å². The second-order valence-electron chi connectivity index (χ2n) is 7.77. The Morgan fingerprint density at radius 3 is 2.06 bits per heavy atom. The van der Waals surface area contributed by atoms with E-state index in [1.54, 1.807) is 30.5 Å². The van der Waals surface area contributed by atoms with Crippen LogP contribution in [-0.2, 0) is 4.79 Å². The van der Waals surface area contributed by atoms with Crippen LogP contribution in [0.3, 0.4) is 0 Å². The predicted molar refractivity (Wildman–Crippen MR) is 124 cm³/mol. The minimum absolute atomic E-state index is 0.0455. The number of carbonyl (C=O) groups excluding carboxylic acids is 2. The first-order chi connectivity index (χ1) is 15.2. The van der Waals surface area contributed by atoms with Gasteiger partial charge < -0.3 is 5.32 Å². The molecule has 5 rings (SSSR count). The third-order valence-corrected chi connectivity index (χ3v) is 5.54. The Bertz CT molecular complexity index is 1270. The number of nitrogens with one attached hydrogen (secondary N) is 2. The summed E-state index contributed by atoms with van der Waals surface area (Å²) in [6, 6.07) is 25.3. The smallest absolute Gasteiger partial charge is 0.271 e. The van der Waals surface area contributed by atoms with E-state index in [4.69, 9.17) is 0 Å². The van der Waals surface area contributed by atoms with Crippen LogP contribution in [0.5, 0.6) is 0 Å². The maximum Gasteiger partial charge on any atom is 0.271 e. The summed E-state index contributed by atoms with van der Waals surface area (Å²) in [5.41, 5.74) is 4.74. The molecule has 4 aromatic rings. The van der Waals surface area contributed by atoms with Crippen LogP contribution in [0.1, 0.15) is 28.8 Å². The Labute approximate surface area is 179 Å². The van der Waals surface area contributed by atoms with Crippen LogP contribution in [0.25, 0.3) is 21.5 Å². The molecule has 5 nitrogen and oxygen atoms in total. The molecule has 152 valence electrons. The van der Waals surface area contributed by atoms with Crippen LogP contribution in [0.4, 0.5) is 5.69 Å². The largest absolute Gasteiger partial charge is 0.326 e. The van der Waals surface area contributed by atoms with Gasteiger partial charge in [0.25, 0.3) is 5.91 Å². The van der Waals surface area contributed by atoms with Gasteiger partial charge in [-0.2, -0.15) is 5.10 Å². The first-order valence-corrected chi connectivity index (χ1v) is 10.3. The number of rotatable bonds is 5. The Morgan fingerprint density at radius 2 is 1.45 bits per heavy atom. The second-order valence-corrected chi connectivity index (χ2v) is 7.77. The minimum atomic E-state index is -0.305. The maximum absolute atomic E-state index is 12.5. The number of amides is 2. The highest BCUT2D eigenvalue weighted by atomic mass is 16.2. The summed E-state index contributed by atoms with van der Waals surface area (Å²) in [6.07, 6.45) is 3.61. The third kappa shape index (κ3) is 4.03. The van der Waals surface area contributed by atoms with Crippen molar-refractivity contribution in [3.05, 3.63) is 90.0 Å². The van der Waals surface area contributed by atoms with Crippen molar-refractivity contribution in [2.24, 2.45) is 11.0 Å². The van der Waals surface area contributed by atoms with E-state index in [0.717, 1.165) is 39.9 Å². The van der Waals surface area contributed by atoms with Crippen molar-refractivity contribution in [3.63, 3.8) is 0 Å². The van der Waals surface area contributed by atoms with Gasteiger partial charge in [-0.25, -0.2) is 5.43 Å². The van der Waals surface area contributed by atoms with Gasteiger partial charge in [-0.15, -0.1) is 0 Å².